The molecule has 0 fully saturated rings. The van der Waals surface area contributed by atoms with Crippen LogP contribution in [0.15, 0.2) is 24.4 Å². The van der Waals surface area contributed by atoms with Gasteiger partial charge in [0.05, 0.1) is 11.3 Å². The number of halogens is 7. The molecule has 25 heavy (non-hydrogen) atoms. The molecule has 0 aliphatic heterocycles. The fourth-order valence-electron chi connectivity index (χ4n) is 1.73. The molecular formula is C13H6F7N3O2. The van der Waals surface area contributed by atoms with E-state index < -0.39 is 52.6 Å². The van der Waals surface area contributed by atoms with Gasteiger partial charge in [-0.3, -0.25) is 0 Å². The Hall–Kier alpha value is -2.92. The van der Waals surface area contributed by atoms with Gasteiger partial charge in [0.2, 0.25) is 5.95 Å². The minimum absolute atomic E-state index is 0.138. The van der Waals surface area contributed by atoms with Crippen LogP contribution in [0.5, 0.6) is 0 Å². The van der Waals surface area contributed by atoms with Crippen molar-refractivity contribution in [1.82, 2.24) is 9.97 Å². The number of carboxylic acids is 1. The smallest absolute Gasteiger partial charge is 0.434 e. The molecule has 0 bridgehead atoms. The van der Waals surface area contributed by atoms with E-state index in [-0.39, 0.29) is 6.07 Å². The van der Waals surface area contributed by atoms with Gasteiger partial charge in [0.1, 0.15) is 11.4 Å². The number of benzene rings is 1. The van der Waals surface area contributed by atoms with E-state index in [1.165, 1.54) is 0 Å². The Bertz CT molecular complexity index is 818. The lowest BCUT2D eigenvalue weighted by Crippen LogP contribution is -2.17. The number of nitrogens with one attached hydrogen (secondary N) is 1. The topological polar surface area (TPSA) is 75.1 Å². The fraction of sp³-hybridized carbons (Fsp3) is 0.154. The van der Waals surface area contributed by atoms with Gasteiger partial charge in [-0.25, -0.2) is 19.2 Å². The predicted molar refractivity (Wildman–Crippen MR) is 68.7 cm³/mol. The number of rotatable bonds is 3. The van der Waals surface area contributed by atoms with E-state index in [9.17, 15) is 35.5 Å². The summed E-state index contributed by atoms with van der Waals surface area (Å²) >= 11 is 0. The first-order valence-electron chi connectivity index (χ1n) is 6.21. The van der Waals surface area contributed by atoms with Crippen molar-refractivity contribution in [2.45, 2.75) is 12.4 Å². The van der Waals surface area contributed by atoms with Gasteiger partial charge in [-0.05, 0) is 18.2 Å². The Morgan fingerprint density at radius 3 is 2.20 bits per heavy atom. The Morgan fingerprint density at radius 2 is 1.72 bits per heavy atom. The van der Waals surface area contributed by atoms with Crippen molar-refractivity contribution in [3.05, 3.63) is 47.0 Å². The summed E-state index contributed by atoms with van der Waals surface area (Å²) in [6.45, 7) is 0. The van der Waals surface area contributed by atoms with Crippen molar-refractivity contribution in [3.8, 4) is 0 Å². The molecule has 0 atom stereocenters. The summed E-state index contributed by atoms with van der Waals surface area (Å²) in [7, 11) is 0. The summed E-state index contributed by atoms with van der Waals surface area (Å²) in [5.41, 5.74) is -4.94. The lowest BCUT2D eigenvalue weighted by atomic mass is 10.2. The average molecular weight is 369 g/mol. The normalized spacial score (nSPS) is 12.1. The van der Waals surface area contributed by atoms with Gasteiger partial charge in [-0.1, -0.05) is 0 Å². The van der Waals surface area contributed by atoms with Gasteiger partial charge >= 0.3 is 18.3 Å². The Morgan fingerprint density at radius 1 is 1.08 bits per heavy atom. The molecule has 1 aromatic carbocycles. The van der Waals surface area contributed by atoms with E-state index in [0.717, 1.165) is 0 Å². The summed E-state index contributed by atoms with van der Waals surface area (Å²) in [5.74, 6) is -4.18. The van der Waals surface area contributed by atoms with E-state index in [0.29, 0.717) is 18.3 Å². The van der Waals surface area contributed by atoms with Crippen LogP contribution in [-0.4, -0.2) is 21.0 Å². The fourth-order valence-corrected chi connectivity index (χ4v) is 1.73. The van der Waals surface area contributed by atoms with Gasteiger partial charge < -0.3 is 10.4 Å². The lowest BCUT2D eigenvalue weighted by Gasteiger charge is -2.12. The third kappa shape index (κ3) is 4.14. The highest BCUT2D eigenvalue weighted by atomic mass is 19.4. The van der Waals surface area contributed by atoms with Crippen LogP contribution in [-0.2, 0) is 12.4 Å². The summed E-state index contributed by atoms with van der Waals surface area (Å²) in [4.78, 5) is 17.0. The molecule has 0 saturated carbocycles. The standard InChI is InChI=1S/C13H6F7N3O2/c14-7-3-5(12(15,16)17)1-2-8(7)22-11-21-4-6(10(24)25)9(23-11)13(18,19)20/h1-4H,(H,24,25)(H,21,22,23). The third-order valence-electron chi connectivity index (χ3n) is 2.83. The van der Waals surface area contributed by atoms with Crippen LogP contribution in [0.3, 0.4) is 0 Å². The molecule has 2 rings (SSSR count). The van der Waals surface area contributed by atoms with Crippen molar-refractivity contribution in [2.75, 3.05) is 5.32 Å². The molecule has 2 aromatic rings. The quantitative estimate of drug-likeness (QED) is 0.797. The van der Waals surface area contributed by atoms with Crippen LogP contribution in [0, 0.1) is 5.82 Å². The maximum atomic E-state index is 13.7. The number of aromatic nitrogens is 2. The van der Waals surface area contributed by atoms with Crippen molar-refractivity contribution in [1.29, 1.82) is 0 Å². The molecule has 1 heterocycles. The van der Waals surface area contributed by atoms with Crippen LogP contribution >= 0.6 is 0 Å². The molecule has 0 amide bonds. The first kappa shape index (κ1) is 18.4. The number of alkyl halides is 6. The number of anilines is 2. The zero-order valence-corrected chi connectivity index (χ0v) is 11.7. The first-order chi connectivity index (χ1) is 11.4. The molecule has 1 aromatic heterocycles. The van der Waals surface area contributed by atoms with Crippen molar-refractivity contribution < 1.29 is 40.6 Å². The van der Waals surface area contributed by atoms with Gasteiger partial charge in [-0.15, -0.1) is 0 Å². The summed E-state index contributed by atoms with van der Waals surface area (Å²) in [5, 5.41) is 10.7. The second-order valence-corrected chi connectivity index (χ2v) is 4.58. The molecule has 0 saturated heterocycles. The van der Waals surface area contributed by atoms with E-state index >= 15 is 0 Å². The van der Waals surface area contributed by atoms with Crippen LogP contribution in [0.25, 0.3) is 0 Å². The Labute approximate surface area is 134 Å². The van der Waals surface area contributed by atoms with Crippen molar-refractivity contribution >= 4 is 17.6 Å². The monoisotopic (exact) mass is 369 g/mol. The van der Waals surface area contributed by atoms with Crippen LogP contribution in [0.2, 0.25) is 0 Å². The number of hydrogen-bond acceptors (Lipinski definition) is 4. The second kappa shape index (κ2) is 6.18. The number of hydrogen-bond donors (Lipinski definition) is 2. The molecule has 2 N–H and O–H groups in total. The summed E-state index contributed by atoms with van der Waals surface area (Å²) < 4.78 is 89.4. The van der Waals surface area contributed by atoms with Gasteiger partial charge in [0.15, 0.2) is 5.69 Å². The minimum Gasteiger partial charge on any atom is -0.478 e. The maximum absolute atomic E-state index is 13.7. The molecule has 0 aliphatic rings. The Kier molecular flexibility index (Phi) is 4.55. The van der Waals surface area contributed by atoms with Crippen LogP contribution < -0.4 is 5.32 Å². The lowest BCUT2D eigenvalue weighted by molar-refractivity contribution is -0.141. The number of nitrogens with zero attached hydrogens (tertiary/aromatic N) is 2. The summed E-state index contributed by atoms with van der Waals surface area (Å²) in [6.07, 6.45) is -9.59. The van der Waals surface area contributed by atoms with Crippen molar-refractivity contribution in [3.63, 3.8) is 0 Å². The highest BCUT2D eigenvalue weighted by Crippen LogP contribution is 2.33. The van der Waals surface area contributed by atoms with E-state index in [1.54, 1.807) is 0 Å². The van der Waals surface area contributed by atoms with Crippen molar-refractivity contribution in [2.24, 2.45) is 0 Å². The molecule has 0 aliphatic carbocycles. The van der Waals surface area contributed by atoms with E-state index in [4.69, 9.17) is 5.11 Å². The van der Waals surface area contributed by atoms with Gasteiger partial charge in [-0.2, -0.15) is 26.3 Å². The zero-order valence-electron chi connectivity index (χ0n) is 11.7. The molecule has 0 spiro atoms. The maximum Gasteiger partial charge on any atom is 0.434 e. The van der Waals surface area contributed by atoms with Gasteiger partial charge in [0, 0.05) is 6.20 Å². The molecule has 0 radical (unpaired) electrons. The largest absolute Gasteiger partial charge is 0.478 e. The highest BCUT2D eigenvalue weighted by Gasteiger charge is 2.38. The van der Waals surface area contributed by atoms with E-state index in [2.05, 4.69) is 9.97 Å². The SMILES string of the molecule is O=C(O)c1cnc(Nc2ccc(C(F)(F)F)cc2F)nc1C(F)(F)F. The number of carbonyl (C=O) groups is 1. The molecular weight excluding hydrogens is 363 g/mol. The number of carboxylic acid groups (broad SMARTS) is 1. The predicted octanol–water partition coefficient (Wildman–Crippen LogP) is 4.10. The first-order valence-corrected chi connectivity index (χ1v) is 6.21. The molecule has 134 valence electrons. The van der Waals surface area contributed by atoms with Crippen LogP contribution in [0.4, 0.5) is 42.4 Å². The zero-order chi connectivity index (χ0) is 19.0. The average Bonchev–Trinajstić information content (AvgIpc) is 2.47. The Balaban J connectivity index is 2.40. The molecule has 12 heteroatoms. The highest BCUT2D eigenvalue weighted by molar-refractivity contribution is 5.88. The minimum atomic E-state index is -5.13. The number of aromatic carboxylic acids is 1. The van der Waals surface area contributed by atoms with Gasteiger partial charge in [0.25, 0.3) is 0 Å². The molecule has 0 unspecified atom stereocenters. The third-order valence-corrected chi connectivity index (χ3v) is 2.83. The molecule has 5 nitrogen and oxygen atoms in total. The second-order valence-electron chi connectivity index (χ2n) is 4.58. The van der Waals surface area contributed by atoms with Crippen LogP contribution in [0.1, 0.15) is 21.6 Å². The van der Waals surface area contributed by atoms with E-state index in [1.807, 2.05) is 5.32 Å². The summed E-state index contributed by atoms with van der Waals surface area (Å²) in [6, 6.07) is 1.28.